The molecule has 1 amide bonds. The molecule has 1 saturated carbocycles. The summed E-state index contributed by atoms with van der Waals surface area (Å²) in [5, 5.41) is 3.09. The zero-order valence-electron chi connectivity index (χ0n) is 14.7. The van der Waals surface area contributed by atoms with E-state index in [0.717, 1.165) is 23.2 Å². The van der Waals surface area contributed by atoms with Crippen molar-refractivity contribution in [2.45, 2.75) is 25.8 Å². The molecule has 1 atom stereocenters. The number of thiazole rings is 1. The monoisotopic (exact) mass is 372 g/mol. The van der Waals surface area contributed by atoms with Gasteiger partial charge >= 0.3 is 6.09 Å². The summed E-state index contributed by atoms with van der Waals surface area (Å²) in [5.74, 6) is 8.14. The second-order valence-corrected chi connectivity index (χ2v) is 6.94. The van der Waals surface area contributed by atoms with E-state index in [-0.39, 0.29) is 6.04 Å². The Hall–Kier alpha value is -2.72. The molecule has 1 N–H and O–H groups in total. The van der Waals surface area contributed by atoms with Crippen LogP contribution >= 0.6 is 11.3 Å². The lowest BCUT2D eigenvalue weighted by molar-refractivity contribution is 0.169. The Bertz CT molecular complexity index is 803. The van der Waals surface area contributed by atoms with Crippen LogP contribution in [0.25, 0.3) is 0 Å². The van der Waals surface area contributed by atoms with Crippen LogP contribution in [-0.4, -0.2) is 30.8 Å². The summed E-state index contributed by atoms with van der Waals surface area (Å²) in [6.07, 6.45) is 3.68. The van der Waals surface area contributed by atoms with Gasteiger partial charge in [0.05, 0.1) is 26.0 Å². The lowest BCUT2D eigenvalue weighted by Crippen LogP contribution is -2.31. The van der Waals surface area contributed by atoms with E-state index in [1.54, 1.807) is 13.1 Å². The number of hydrogen-bond donors (Lipinski definition) is 1. The van der Waals surface area contributed by atoms with Crippen molar-refractivity contribution in [1.29, 1.82) is 0 Å². The lowest BCUT2D eigenvalue weighted by atomic mass is 10.3. The van der Waals surface area contributed by atoms with Gasteiger partial charge in [-0.2, -0.15) is 0 Å². The fourth-order valence-corrected chi connectivity index (χ4v) is 2.66. The zero-order valence-corrected chi connectivity index (χ0v) is 15.5. The molecule has 6 nitrogen and oxygen atoms in total. The molecule has 1 aromatic carbocycles. The van der Waals surface area contributed by atoms with Gasteiger partial charge in [0.2, 0.25) is 0 Å². The topological polar surface area (TPSA) is 69.7 Å². The first-order chi connectivity index (χ1) is 12.6. The number of aromatic nitrogens is 1. The molecular formula is C19H20N2O4S. The average molecular weight is 372 g/mol. The molecule has 1 heterocycles. The van der Waals surface area contributed by atoms with Crippen LogP contribution in [-0.2, 0) is 4.74 Å². The number of methoxy groups -OCH3 is 1. The van der Waals surface area contributed by atoms with Crippen molar-refractivity contribution in [2.75, 3.05) is 13.7 Å². The minimum Gasteiger partial charge on any atom is -0.493 e. The van der Waals surface area contributed by atoms with Crippen molar-refractivity contribution in [2.24, 2.45) is 5.92 Å². The SMILES string of the molecule is COC(=O)NC(C)C#Cc1cnc(Oc2ccc(OCC3CC3)cc2)s1. The molecule has 0 saturated heterocycles. The fraction of sp³-hybridized carbons (Fsp3) is 0.368. The number of alkyl carbamates (subject to hydrolysis) is 1. The smallest absolute Gasteiger partial charge is 0.407 e. The third kappa shape index (κ3) is 5.67. The van der Waals surface area contributed by atoms with Crippen molar-refractivity contribution < 1.29 is 19.0 Å². The van der Waals surface area contributed by atoms with Crippen LogP contribution < -0.4 is 14.8 Å². The summed E-state index contributed by atoms with van der Waals surface area (Å²) in [4.78, 5) is 16.1. The van der Waals surface area contributed by atoms with Crippen LogP contribution in [0.1, 0.15) is 24.6 Å². The first-order valence-electron chi connectivity index (χ1n) is 8.35. The first-order valence-corrected chi connectivity index (χ1v) is 9.16. The quantitative estimate of drug-likeness (QED) is 0.781. The average Bonchev–Trinajstić information content (AvgIpc) is 3.37. The van der Waals surface area contributed by atoms with Gasteiger partial charge in [-0.05, 0) is 49.9 Å². The molecule has 0 aliphatic heterocycles. The van der Waals surface area contributed by atoms with E-state index in [4.69, 9.17) is 9.47 Å². The highest BCUT2D eigenvalue weighted by molar-refractivity contribution is 7.13. The van der Waals surface area contributed by atoms with Gasteiger partial charge in [0.1, 0.15) is 16.4 Å². The summed E-state index contributed by atoms with van der Waals surface area (Å²) in [6, 6.07) is 7.18. The number of hydrogen-bond acceptors (Lipinski definition) is 6. The standard InChI is InChI=1S/C19H20N2O4S/c1-13(21-18(22)23-2)3-10-17-11-20-19(26-17)25-16-8-6-15(7-9-16)24-12-14-4-5-14/h6-9,11,13-14H,4-5,12H2,1-2H3,(H,21,22). The van der Waals surface area contributed by atoms with Gasteiger partial charge in [0, 0.05) is 0 Å². The maximum atomic E-state index is 11.1. The normalized spacial score (nSPS) is 13.9. The molecule has 1 unspecified atom stereocenters. The molecule has 0 radical (unpaired) electrons. The van der Waals surface area contributed by atoms with Gasteiger partial charge < -0.3 is 19.5 Å². The van der Waals surface area contributed by atoms with E-state index >= 15 is 0 Å². The third-order valence-corrected chi connectivity index (χ3v) is 4.42. The number of nitrogens with one attached hydrogen (secondary N) is 1. The highest BCUT2D eigenvalue weighted by atomic mass is 32.1. The van der Waals surface area contributed by atoms with Crippen molar-refractivity contribution in [3.05, 3.63) is 35.3 Å². The molecule has 1 aliphatic carbocycles. The Kier molecular flexibility index (Phi) is 5.97. The molecule has 1 fully saturated rings. The Morgan fingerprint density at radius 3 is 2.77 bits per heavy atom. The zero-order chi connectivity index (χ0) is 18.4. The van der Waals surface area contributed by atoms with E-state index in [1.165, 1.54) is 31.3 Å². The Morgan fingerprint density at radius 1 is 1.35 bits per heavy atom. The van der Waals surface area contributed by atoms with Crippen molar-refractivity contribution in [1.82, 2.24) is 10.3 Å². The maximum absolute atomic E-state index is 11.1. The summed E-state index contributed by atoms with van der Waals surface area (Å²) in [5.41, 5.74) is 0. The molecule has 3 rings (SSSR count). The maximum Gasteiger partial charge on any atom is 0.407 e. The van der Waals surface area contributed by atoms with E-state index < -0.39 is 6.09 Å². The number of rotatable bonds is 6. The Labute approximate surface area is 156 Å². The van der Waals surface area contributed by atoms with Crippen LogP contribution in [0.15, 0.2) is 30.5 Å². The minimum atomic E-state index is -0.510. The van der Waals surface area contributed by atoms with Crippen LogP contribution in [0, 0.1) is 17.8 Å². The summed E-state index contributed by atoms with van der Waals surface area (Å²) in [6.45, 7) is 2.56. The van der Waals surface area contributed by atoms with Gasteiger partial charge in [-0.3, -0.25) is 0 Å². The van der Waals surface area contributed by atoms with Gasteiger partial charge in [-0.1, -0.05) is 23.2 Å². The van der Waals surface area contributed by atoms with Crippen molar-refractivity contribution in [3.8, 4) is 28.5 Å². The fourth-order valence-electron chi connectivity index (χ4n) is 2.02. The number of nitrogens with zero attached hydrogens (tertiary/aromatic N) is 1. The molecule has 1 aromatic heterocycles. The second-order valence-electron chi connectivity index (χ2n) is 5.95. The van der Waals surface area contributed by atoms with Crippen LogP contribution in [0.3, 0.4) is 0 Å². The number of carbonyl (C=O) groups excluding carboxylic acids is 1. The Morgan fingerprint density at radius 2 is 2.08 bits per heavy atom. The first kappa shape index (κ1) is 18.1. The molecule has 7 heteroatoms. The predicted molar refractivity (Wildman–Crippen MR) is 98.7 cm³/mol. The van der Waals surface area contributed by atoms with Gasteiger partial charge in [-0.25, -0.2) is 9.78 Å². The summed E-state index contributed by atoms with van der Waals surface area (Å²) in [7, 11) is 1.31. The number of carbonyl (C=O) groups is 1. The van der Waals surface area contributed by atoms with Gasteiger partial charge in [-0.15, -0.1) is 0 Å². The van der Waals surface area contributed by atoms with Crippen LogP contribution in [0.2, 0.25) is 0 Å². The van der Waals surface area contributed by atoms with Crippen molar-refractivity contribution >= 4 is 17.4 Å². The summed E-state index contributed by atoms with van der Waals surface area (Å²) < 4.78 is 16.0. The van der Waals surface area contributed by atoms with Crippen LogP contribution in [0.5, 0.6) is 16.7 Å². The van der Waals surface area contributed by atoms with Crippen molar-refractivity contribution in [3.63, 3.8) is 0 Å². The number of amides is 1. The van der Waals surface area contributed by atoms with Gasteiger partial charge in [0.25, 0.3) is 5.19 Å². The van der Waals surface area contributed by atoms with Crippen LogP contribution in [0.4, 0.5) is 4.79 Å². The highest BCUT2D eigenvalue weighted by Crippen LogP contribution is 2.31. The largest absolute Gasteiger partial charge is 0.493 e. The molecule has 2 aromatic rings. The molecule has 136 valence electrons. The Balaban J connectivity index is 1.52. The molecule has 1 aliphatic rings. The van der Waals surface area contributed by atoms with E-state index in [1.807, 2.05) is 24.3 Å². The molecule has 0 bridgehead atoms. The van der Waals surface area contributed by atoms with E-state index in [9.17, 15) is 4.79 Å². The molecular weight excluding hydrogens is 352 g/mol. The lowest BCUT2D eigenvalue weighted by Gasteiger charge is -2.06. The van der Waals surface area contributed by atoms with E-state index in [2.05, 4.69) is 26.9 Å². The second kappa shape index (κ2) is 8.59. The third-order valence-electron chi connectivity index (χ3n) is 3.63. The minimum absolute atomic E-state index is 0.322. The summed E-state index contributed by atoms with van der Waals surface area (Å²) >= 11 is 1.34. The number of benzene rings is 1. The predicted octanol–water partition coefficient (Wildman–Crippen LogP) is 3.82. The number of ether oxygens (including phenoxy) is 3. The molecule has 26 heavy (non-hydrogen) atoms. The van der Waals surface area contributed by atoms with Gasteiger partial charge in [0.15, 0.2) is 0 Å². The molecule has 0 spiro atoms. The highest BCUT2D eigenvalue weighted by Gasteiger charge is 2.21. The van der Waals surface area contributed by atoms with E-state index in [0.29, 0.717) is 10.9 Å².